The molecule has 3 rings (SSSR count). The summed E-state index contributed by atoms with van der Waals surface area (Å²) in [5.41, 5.74) is 3.59. The highest BCUT2D eigenvalue weighted by molar-refractivity contribution is 5.30. The molecule has 3 aromatic carbocycles. The molecular weight excluding hydrogens is 412 g/mol. The molecule has 0 heterocycles. The van der Waals surface area contributed by atoms with Crippen LogP contribution in [0, 0.1) is 5.82 Å². The van der Waals surface area contributed by atoms with Crippen molar-refractivity contribution in [2.24, 2.45) is 0 Å². The summed E-state index contributed by atoms with van der Waals surface area (Å²) in [5.74, 6) is -1.70. The zero-order valence-electron chi connectivity index (χ0n) is 18.2. The van der Waals surface area contributed by atoms with Crippen LogP contribution in [0.3, 0.4) is 0 Å². The molecule has 32 heavy (non-hydrogen) atoms. The number of halogens is 4. The summed E-state index contributed by atoms with van der Waals surface area (Å²) in [5, 5.41) is 0. The minimum absolute atomic E-state index is 0.0896. The Morgan fingerprint density at radius 3 is 2.03 bits per heavy atom. The van der Waals surface area contributed by atoms with E-state index in [-0.39, 0.29) is 17.8 Å². The molecule has 0 fully saturated rings. The van der Waals surface area contributed by atoms with Gasteiger partial charge in [-0.05, 0) is 72.9 Å². The van der Waals surface area contributed by atoms with E-state index in [1.807, 2.05) is 43.3 Å². The van der Waals surface area contributed by atoms with Crippen LogP contribution >= 0.6 is 0 Å². The van der Waals surface area contributed by atoms with Crippen molar-refractivity contribution in [3.05, 3.63) is 119 Å². The molecule has 0 amide bonds. The van der Waals surface area contributed by atoms with Gasteiger partial charge in [-0.2, -0.15) is 13.2 Å². The minimum atomic E-state index is -4.30. The molecular formula is C28H28F4. The Bertz CT molecular complexity index is 1000. The zero-order valence-corrected chi connectivity index (χ0v) is 18.2. The molecule has 0 aliphatic carbocycles. The maximum absolute atomic E-state index is 14.3. The second-order valence-electron chi connectivity index (χ2n) is 8.06. The Kier molecular flexibility index (Phi) is 8.26. The van der Waals surface area contributed by atoms with E-state index in [9.17, 15) is 17.6 Å². The Balaban J connectivity index is 1.60. The largest absolute Gasteiger partial charge is 0.396 e. The third kappa shape index (κ3) is 6.81. The van der Waals surface area contributed by atoms with Crippen LogP contribution in [0.2, 0.25) is 0 Å². The van der Waals surface area contributed by atoms with Crippen molar-refractivity contribution in [2.75, 3.05) is 0 Å². The summed E-state index contributed by atoms with van der Waals surface area (Å²) in [6.07, 6.45) is 2.48. The van der Waals surface area contributed by atoms with E-state index in [0.29, 0.717) is 30.4 Å². The van der Waals surface area contributed by atoms with Crippen LogP contribution in [-0.2, 0) is 25.7 Å². The molecule has 0 spiro atoms. The first-order chi connectivity index (χ1) is 15.4. The number of rotatable bonds is 9. The summed E-state index contributed by atoms with van der Waals surface area (Å²) in [4.78, 5) is 0. The summed E-state index contributed by atoms with van der Waals surface area (Å²) >= 11 is 0. The average molecular weight is 441 g/mol. The van der Waals surface area contributed by atoms with Gasteiger partial charge in [0.25, 0.3) is 0 Å². The maximum Gasteiger partial charge on any atom is 0.396 e. The first-order valence-electron chi connectivity index (χ1n) is 10.9. The molecule has 3 aromatic rings. The number of benzene rings is 3. The first-order valence-corrected chi connectivity index (χ1v) is 10.9. The lowest BCUT2D eigenvalue weighted by atomic mass is 9.91. The fraction of sp³-hybridized carbons (Fsp3) is 0.286. The van der Waals surface area contributed by atoms with Crippen molar-refractivity contribution < 1.29 is 17.6 Å². The van der Waals surface area contributed by atoms with Crippen molar-refractivity contribution >= 4 is 0 Å². The van der Waals surface area contributed by atoms with Gasteiger partial charge in [0, 0.05) is 0 Å². The highest BCUT2D eigenvalue weighted by atomic mass is 19.4. The van der Waals surface area contributed by atoms with Gasteiger partial charge in [-0.1, -0.05) is 78.9 Å². The van der Waals surface area contributed by atoms with E-state index >= 15 is 0 Å². The second-order valence-corrected chi connectivity index (χ2v) is 8.06. The van der Waals surface area contributed by atoms with E-state index < -0.39 is 12.1 Å². The molecule has 0 unspecified atom stereocenters. The molecule has 0 aromatic heterocycles. The van der Waals surface area contributed by atoms with Gasteiger partial charge in [-0.25, -0.2) is 4.39 Å². The molecule has 0 radical (unpaired) electrons. The van der Waals surface area contributed by atoms with Crippen molar-refractivity contribution in [3.63, 3.8) is 0 Å². The van der Waals surface area contributed by atoms with Crippen molar-refractivity contribution in [3.8, 4) is 0 Å². The van der Waals surface area contributed by atoms with Crippen molar-refractivity contribution in [1.29, 1.82) is 0 Å². The standard InChI is InChI=1S/C28H28F4/c1-2-3-5-10-25-18-17-23(20-27(25)29)16-13-21-11-14-22(15-12-21)19-26(28(30,31)32)24-8-6-4-7-9-24/h2-4,6-9,11-12,14-15,17-18,20,26H,5,10,13,16,19H2,1H3/b3-2+/t26-/m0/s1. The molecule has 0 aliphatic heterocycles. The van der Waals surface area contributed by atoms with Gasteiger partial charge in [0.15, 0.2) is 0 Å². The smallest absolute Gasteiger partial charge is 0.207 e. The molecule has 0 bridgehead atoms. The van der Waals surface area contributed by atoms with E-state index in [2.05, 4.69) is 0 Å². The number of hydrogen-bond donors (Lipinski definition) is 0. The van der Waals surface area contributed by atoms with Crippen LogP contribution in [0.25, 0.3) is 0 Å². The number of alkyl halides is 3. The lowest BCUT2D eigenvalue weighted by Gasteiger charge is -2.21. The Morgan fingerprint density at radius 2 is 1.41 bits per heavy atom. The topological polar surface area (TPSA) is 0 Å². The number of allylic oxidation sites excluding steroid dienone is 2. The van der Waals surface area contributed by atoms with Crippen LogP contribution in [-0.4, -0.2) is 6.18 Å². The highest BCUT2D eigenvalue weighted by Gasteiger charge is 2.40. The minimum Gasteiger partial charge on any atom is -0.207 e. The van der Waals surface area contributed by atoms with Gasteiger partial charge < -0.3 is 0 Å². The first kappa shape index (κ1) is 23.8. The van der Waals surface area contributed by atoms with Crippen LogP contribution in [0.4, 0.5) is 17.6 Å². The van der Waals surface area contributed by atoms with E-state index in [0.717, 1.165) is 17.5 Å². The predicted octanol–water partition coefficient (Wildman–Crippen LogP) is 8.01. The van der Waals surface area contributed by atoms with Gasteiger partial charge in [0.2, 0.25) is 0 Å². The highest BCUT2D eigenvalue weighted by Crippen LogP contribution is 2.37. The normalized spacial score (nSPS) is 12.9. The Labute approximate surface area is 187 Å². The van der Waals surface area contributed by atoms with Gasteiger partial charge in [0.05, 0.1) is 5.92 Å². The molecule has 168 valence electrons. The predicted molar refractivity (Wildman–Crippen MR) is 122 cm³/mol. The third-order valence-corrected chi connectivity index (χ3v) is 5.70. The summed E-state index contributed by atoms with van der Waals surface area (Å²) in [6.45, 7) is 1.95. The van der Waals surface area contributed by atoms with Gasteiger partial charge in [0.1, 0.15) is 5.82 Å². The molecule has 4 heteroatoms. The van der Waals surface area contributed by atoms with Crippen molar-refractivity contribution in [2.45, 2.75) is 51.1 Å². The monoisotopic (exact) mass is 440 g/mol. The fourth-order valence-corrected chi connectivity index (χ4v) is 3.83. The zero-order chi connectivity index (χ0) is 23.0. The maximum atomic E-state index is 14.3. The van der Waals surface area contributed by atoms with Crippen LogP contribution < -0.4 is 0 Å². The van der Waals surface area contributed by atoms with Gasteiger partial charge in [-0.15, -0.1) is 0 Å². The van der Waals surface area contributed by atoms with Crippen LogP contribution in [0.1, 0.15) is 47.1 Å². The molecule has 0 nitrogen and oxygen atoms in total. The second kappa shape index (κ2) is 11.1. The van der Waals surface area contributed by atoms with Crippen LogP contribution in [0.15, 0.2) is 84.9 Å². The molecule has 1 atom stereocenters. The molecule has 0 N–H and O–H groups in total. The van der Waals surface area contributed by atoms with Crippen LogP contribution in [0.5, 0.6) is 0 Å². The summed E-state index contributed by atoms with van der Waals surface area (Å²) in [6, 6.07) is 20.7. The molecule has 0 saturated heterocycles. The van der Waals surface area contributed by atoms with E-state index in [4.69, 9.17) is 0 Å². The van der Waals surface area contributed by atoms with Crippen molar-refractivity contribution in [1.82, 2.24) is 0 Å². The Morgan fingerprint density at radius 1 is 0.781 bits per heavy atom. The lowest BCUT2D eigenvalue weighted by Crippen LogP contribution is -2.23. The molecule has 0 saturated carbocycles. The average Bonchev–Trinajstić information content (AvgIpc) is 2.78. The number of aryl methyl sites for hydroxylation is 3. The van der Waals surface area contributed by atoms with E-state index in [1.54, 1.807) is 36.4 Å². The quantitative estimate of drug-likeness (QED) is 0.233. The summed E-state index contributed by atoms with van der Waals surface area (Å²) in [7, 11) is 0. The SMILES string of the molecule is C/C=C/CCc1ccc(CCc2ccc(C[C@@H](c3ccccc3)C(F)(F)F)cc2)cc1F. The molecule has 0 aliphatic rings. The fourth-order valence-electron chi connectivity index (χ4n) is 3.83. The van der Waals surface area contributed by atoms with Gasteiger partial charge in [-0.3, -0.25) is 0 Å². The van der Waals surface area contributed by atoms with E-state index in [1.165, 1.54) is 12.1 Å². The third-order valence-electron chi connectivity index (χ3n) is 5.70. The summed E-state index contributed by atoms with van der Waals surface area (Å²) < 4.78 is 55.1. The Hall–Kier alpha value is -2.88. The number of hydrogen-bond acceptors (Lipinski definition) is 0. The van der Waals surface area contributed by atoms with Gasteiger partial charge >= 0.3 is 6.18 Å². The lowest BCUT2D eigenvalue weighted by molar-refractivity contribution is -0.150.